The number of aromatic nitrogens is 1. The molecule has 2 rings (SSSR count). The number of aldehydes is 1. The number of hydrogen-bond donors (Lipinski definition) is 2. The molecule has 1 aromatic carbocycles. The highest BCUT2D eigenvalue weighted by molar-refractivity contribution is 5.85. The van der Waals surface area contributed by atoms with E-state index in [1.165, 1.54) is 22.0 Å². The van der Waals surface area contributed by atoms with E-state index in [2.05, 4.69) is 30.1 Å². The second kappa shape index (κ2) is 4.49. The van der Waals surface area contributed by atoms with Gasteiger partial charge in [0, 0.05) is 17.1 Å². The van der Waals surface area contributed by atoms with Gasteiger partial charge in [-0.1, -0.05) is 18.2 Å². The van der Waals surface area contributed by atoms with Gasteiger partial charge in [0.05, 0.1) is 6.04 Å². The van der Waals surface area contributed by atoms with E-state index in [4.69, 9.17) is 5.73 Å². The van der Waals surface area contributed by atoms with Crippen molar-refractivity contribution in [3.63, 3.8) is 0 Å². The van der Waals surface area contributed by atoms with Gasteiger partial charge < -0.3 is 15.5 Å². The van der Waals surface area contributed by atoms with Crippen LogP contribution >= 0.6 is 0 Å². The quantitative estimate of drug-likeness (QED) is 0.767. The fraction of sp³-hybridized carbons (Fsp3) is 0.308. The third kappa shape index (κ3) is 1.99. The molecule has 1 heterocycles. The first kappa shape index (κ1) is 10.9. The highest BCUT2D eigenvalue weighted by atomic mass is 16.1. The maximum atomic E-state index is 10.4. The first-order valence-corrected chi connectivity index (χ1v) is 5.49. The number of carbonyl (C=O) groups is 1. The van der Waals surface area contributed by atoms with Crippen molar-refractivity contribution in [2.45, 2.75) is 25.8 Å². The van der Waals surface area contributed by atoms with Crippen LogP contribution in [0, 0.1) is 6.92 Å². The van der Waals surface area contributed by atoms with Crippen LogP contribution in [0.5, 0.6) is 0 Å². The number of H-pyrrole nitrogens is 1. The predicted octanol–water partition coefficient (Wildman–Crippen LogP) is 1.94. The number of aryl methyl sites for hydroxylation is 2. The third-order valence-corrected chi connectivity index (χ3v) is 2.93. The van der Waals surface area contributed by atoms with Crippen molar-refractivity contribution in [1.82, 2.24) is 4.98 Å². The lowest BCUT2D eigenvalue weighted by molar-refractivity contribution is -0.109. The van der Waals surface area contributed by atoms with Crippen molar-refractivity contribution in [3.8, 4) is 0 Å². The molecule has 0 spiro atoms. The second-order valence-corrected chi connectivity index (χ2v) is 4.15. The highest BCUT2D eigenvalue weighted by Gasteiger charge is 2.07. The van der Waals surface area contributed by atoms with Gasteiger partial charge >= 0.3 is 0 Å². The molecule has 0 saturated heterocycles. The van der Waals surface area contributed by atoms with Crippen molar-refractivity contribution in [3.05, 3.63) is 35.5 Å². The lowest BCUT2D eigenvalue weighted by Crippen LogP contribution is -2.21. The van der Waals surface area contributed by atoms with Gasteiger partial charge in [-0.25, -0.2) is 0 Å². The zero-order valence-corrected chi connectivity index (χ0v) is 9.36. The van der Waals surface area contributed by atoms with Crippen molar-refractivity contribution in [1.29, 1.82) is 0 Å². The summed E-state index contributed by atoms with van der Waals surface area (Å²) >= 11 is 0. The zero-order chi connectivity index (χ0) is 11.5. The van der Waals surface area contributed by atoms with Crippen LogP contribution in [-0.4, -0.2) is 17.3 Å². The number of nitrogens with two attached hydrogens (primary N) is 1. The molecule has 16 heavy (non-hydrogen) atoms. The lowest BCUT2D eigenvalue weighted by atomic mass is 10.0. The number of aromatic amines is 1. The number of benzene rings is 1. The molecule has 0 aliphatic heterocycles. The Morgan fingerprint density at radius 3 is 3.06 bits per heavy atom. The number of nitrogens with one attached hydrogen (secondary N) is 1. The van der Waals surface area contributed by atoms with Crippen molar-refractivity contribution < 1.29 is 4.79 Å². The Labute approximate surface area is 94.6 Å². The molecular formula is C13H16N2O. The minimum Gasteiger partial charge on any atom is -0.361 e. The molecule has 0 saturated carbocycles. The van der Waals surface area contributed by atoms with Gasteiger partial charge in [0.1, 0.15) is 6.29 Å². The Morgan fingerprint density at radius 2 is 2.31 bits per heavy atom. The van der Waals surface area contributed by atoms with Gasteiger partial charge in [-0.3, -0.25) is 0 Å². The van der Waals surface area contributed by atoms with E-state index in [1.54, 1.807) is 0 Å². The van der Waals surface area contributed by atoms with E-state index in [-0.39, 0.29) is 6.04 Å². The molecular weight excluding hydrogens is 200 g/mol. The van der Waals surface area contributed by atoms with Crippen molar-refractivity contribution in [2.75, 3.05) is 0 Å². The van der Waals surface area contributed by atoms with E-state index >= 15 is 0 Å². The van der Waals surface area contributed by atoms with Gasteiger partial charge in [0.2, 0.25) is 0 Å². The number of rotatable bonds is 4. The molecule has 0 aliphatic rings. The SMILES string of the molecule is Cc1cccc2c(CCC(N)C=O)c[nH]c12. The number of fused-ring (bicyclic) bond motifs is 1. The third-order valence-electron chi connectivity index (χ3n) is 2.93. The molecule has 84 valence electrons. The Kier molecular flexibility index (Phi) is 3.06. The molecule has 0 aliphatic carbocycles. The van der Waals surface area contributed by atoms with E-state index in [1.807, 2.05) is 6.20 Å². The van der Waals surface area contributed by atoms with Crippen molar-refractivity contribution in [2.24, 2.45) is 5.73 Å². The van der Waals surface area contributed by atoms with Gasteiger partial charge in [0.15, 0.2) is 0 Å². The topological polar surface area (TPSA) is 58.9 Å². The van der Waals surface area contributed by atoms with Gasteiger partial charge in [-0.2, -0.15) is 0 Å². The fourth-order valence-electron chi connectivity index (χ4n) is 1.96. The molecule has 3 N–H and O–H groups in total. The molecule has 0 bridgehead atoms. The fourth-order valence-corrected chi connectivity index (χ4v) is 1.96. The average Bonchev–Trinajstić information content (AvgIpc) is 2.70. The summed E-state index contributed by atoms with van der Waals surface area (Å²) in [5.41, 5.74) is 9.23. The summed E-state index contributed by atoms with van der Waals surface area (Å²) in [5.74, 6) is 0. The Hall–Kier alpha value is -1.61. The Morgan fingerprint density at radius 1 is 1.50 bits per heavy atom. The number of hydrogen-bond acceptors (Lipinski definition) is 2. The van der Waals surface area contributed by atoms with Gasteiger partial charge in [-0.05, 0) is 30.9 Å². The summed E-state index contributed by atoms with van der Waals surface area (Å²) < 4.78 is 0. The molecule has 2 aromatic rings. The van der Waals surface area contributed by atoms with E-state index in [0.29, 0.717) is 6.42 Å². The van der Waals surface area contributed by atoms with Crippen LogP contribution in [0.15, 0.2) is 24.4 Å². The van der Waals surface area contributed by atoms with Crippen molar-refractivity contribution >= 4 is 17.2 Å². The van der Waals surface area contributed by atoms with Crippen LogP contribution in [0.25, 0.3) is 10.9 Å². The summed E-state index contributed by atoms with van der Waals surface area (Å²) in [4.78, 5) is 13.7. The van der Waals surface area contributed by atoms with Crippen LogP contribution < -0.4 is 5.73 Å². The highest BCUT2D eigenvalue weighted by Crippen LogP contribution is 2.22. The summed E-state index contributed by atoms with van der Waals surface area (Å²) in [5, 5.41) is 1.23. The minimum atomic E-state index is -0.352. The molecule has 1 atom stereocenters. The van der Waals surface area contributed by atoms with E-state index < -0.39 is 0 Å². The van der Waals surface area contributed by atoms with E-state index in [0.717, 1.165) is 12.7 Å². The van der Waals surface area contributed by atoms with Crippen LogP contribution in [-0.2, 0) is 11.2 Å². The minimum absolute atomic E-state index is 0.352. The molecule has 0 radical (unpaired) electrons. The van der Waals surface area contributed by atoms with Gasteiger partial charge in [0.25, 0.3) is 0 Å². The normalized spacial score (nSPS) is 12.9. The summed E-state index contributed by atoms with van der Waals surface area (Å²) in [7, 11) is 0. The number of para-hydroxylation sites is 1. The maximum Gasteiger partial charge on any atom is 0.136 e. The first-order valence-electron chi connectivity index (χ1n) is 5.49. The monoisotopic (exact) mass is 216 g/mol. The average molecular weight is 216 g/mol. The predicted molar refractivity (Wildman–Crippen MR) is 65.4 cm³/mol. The largest absolute Gasteiger partial charge is 0.361 e. The lowest BCUT2D eigenvalue weighted by Gasteiger charge is -2.02. The second-order valence-electron chi connectivity index (χ2n) is 4.15. The summed E-state index contributed by atoms with van der Waals surface area (Å²) in [6.07, 6.45) is 4.35. The Bertz CT molecular complexity index is 502. The van der Waals surface area contributed by atoms with Crippen LogP contribution in [0.1, 0.15) is 17.5 Å². The van der Waals surface area contributed by atoms with Crippen LogP contribution in [0.4, 0.5) is 0 Å². The van der Waals surface area contributed by atoms with E-state index in [9.17, 15) is 4.79 Å². The maximum absolute atomic E-state index is 10.4. The van der Waals surface area contributed by atoms with Crippen LogP contribution in [0.3, 0.4) is 0 Å². The molecule has 1 aromatic heterocycles. The molecule has 1 unspecified atom stereocenters. The molecule has 0 fully saturated rings. The van der Waals surface area contributed by atoms with Gasteiger partial charge in [-0.15, -0.1) is 0 Å². The smallest absolute Gasteiger partial charge is 0.136 e. The standard InChI is InChI=1S/C13H16N2O/c1-9-3-2-4-12-10(7-15-13(9)12)5-6-11(14)8-16/h2-4,7-8,11,15H,5-6,14H2,1H3. The summed E-state index contributed by atoms with van der Waals surface area (Å²) in [6, 6.07) is 5.88. The molecule has 3 heteroatoms. The molecule has 0 amide bonds. The molecule has 3 nitrogen and oxygen atoms in total. The van der Waals surface area contributed by atoms with Crippen LogP contribution in [0.2, 0.25) is 0 Å². The number of carbonyl (C=O) groups excluding carboxylic acids is 1. The summed E-state index contributed by atoms with van der Waals surface area (Å²) in [6.45, 7) is 2.08. The first-order chi connectivity index (χ1) is 7.72. The Balaban J connectivity index is 2.25. The zero-order valence-electron chi connectivity index (χ0n) is 9.36.